The summed E-state index contributed by atoms with van der Waals surface area (Å²) in [7, 11) is -4.85. The largest absolute Gasteiger partial charge is 0.460 e. The van der Waals surface area contributed by atoms with E-state index in [0.29, 0.717) is 11.3 Å². The predicted molar refractivity (Wildman–Crippen MR) is 84.1 cm³/mol. The number of pyridine rings is 1. The maximum Gasteiger partial charge on any atom is 0.295 e. The Labute approximate surface area is 147 Å². The molecule has 0 saturated carbocycles. The minimum Gasteiger partial charge on any atom is -0.460 e. The summed E-state index contributed by atoms with van der Waals surface area (Å²) < 4.78 is 41.8. The molecule has 2 aromatic heterocycles. The highest BCUT2D eigenvalue weighted by atomic mass is 32.2. The Morgan fingerprint density at radius 3 is 2.27 bits per heavy atom. The maximum atomic E-state index is 11.2. The number of aliphatic hydroxyl groups excluding tert-OH is 3. The van der Waals surface area contributed by atoms with E-state index in [1.807, 2.05) is 0 Å². The molecule has 3 heterocycles. The van der Waals surface area contributed by atoms with Crippen LogP contribution in [-0.2, 0) is 14.9 Å². The highest BCUT2D eigenvalue weighted by molar-refractivity contribution is 7.86. The van der Waals surface area contributed by atoms with Gasteiger partial charge in [-0.05, 0) is 12.1 Å². The highest BCUT2D eigenvalue weighted by Gasteiger charge is 2.50. The number of ether oxygens (including phenoxy) is 2. The van der Waals surface area contributed by atoms with Crippen LogP contribution in [0.25, 0.3) is 11.3 Å². The SMILES string of the molecule is O=S(=O)(O)C1O[C@@H](Oc2ccc(-c3cncnc3)nc2)[C@H](O)[C@@H](O)[C@@H]1O. The summed E-state index contributed by atoms with van der Waals surface area (Å²) >= 11 is 0. The quantitative estimate of drug-likeness (QED) is 0.455. The smallest absolute Gasteiger partial charge is 0.295 e. The molecule has 1 saturated heterocycles. The van der Waals surface area contributed by atoms with Gasteiger partial charge in [-0.15, -0.1) is 0 Å². The minimum absolute atomic E-state index is 0.0901. The zero-order valence-corrected chi connectivity index (χ0v) is 13.8. The Hall–Kier alpha value is -2.22. The van der Waals surface area contributed by atoms with Crippen molar-refractivity contribution >= 4 is 10.1 Å². The van der Waals surface area contributed by atoms with Crippen LogP contribution in [0.15, 0.2) is 37.1 Å². The van der Waals surface area contributed by atoms with E-state index in [1.165, 1.54) is 18.6 Å². The first-order chi connectivity index (χ1) is 12.3. The first-order valence-corrected chi connectivity index (χ1v) is 8.82. The Balaban J connectivity index is 1.77. The Bertz CT molecular complexity index is 848. The topological polar surface area (TPSA) is 172 Å². The van der Waals surface area contributed by atoms with Gasteiger partial charge in [0.2, 0.25) is 11.7 Å². The molecule has 0 spiro atoms. The van der Waals surface area contributed by atoms with E-state index in [0.717, 1.165) is 0 Å². The normalized spacial score (nSPS) is 29.3. The second-order valence-electron chi connectivity index (χ2n) is 5.48. The van der Waals surface area contributed by atoms with Crippen molar-refractivity contribution in [2.24, 2.45) is 0 Å². The van der Waals surface area contributed by atoms with E-state index in [-0.39, 0.29) is 5.75 Å². The van der Waals surface area contributed by atoms with Crippen molar-refractivity contribution in [2.75, 3.05) is 0 Å². The van der Waals surface area contributed by atoms with Crippen LogP contribution in [-0.4, -0.2) is 73.3 Å². The molecule has 0 aliphatic carbocycles. The molecule has 0 amide bonds. The van der Waals surface area contributed by atoms with Crippen molar-refractivity contribution in [3.05, 3.63) is 37.1 Å². The number of rotatable bonds is 4. The van der Waals surface area contributed by atoms with Gasteiger partial charge in [-0.2, -0.15) is 8.42 Å². The Kier molecular flexibility index (Phi) is 5.13. The van der Waals surface area contributed by atoms with Gasteiger partial charge in [0.15, 0.2) is 0 Å². The molecule has 11 nitrogen and oxygen atoms in total. The summed E-state index contributed by atoms with van der Waals surface area (Å²) in [5, 5.41) is 29.3. The van der Waals surface area contributed by atoms with Crippen LogP contribution in [0.3, 0.4) is 0 Å². The first kappa shape index (κ1) is 18.6. The summed E-state index contributed by atoms with van der Waals surface area (Å²) in [6.07, 6.45) is -1.62. The van der Waals surface area contributed by atoms with E-state index in [4.69, 9.17) is 14.0 Å². The van der Waals surface area contributed by atoms with Crippen LogP contribution in [0.1, 0.15) is 0 Å². The van der Waals surface area contributed by atoms with Gasteiger partial charge in [0.05, 0.1) is 11.9 Å². The molecular formula is C14H15N3O8S. The summed E-state index contributed by atoms with van der Waals surface area (Å²) in [6.45, 7) is 0. The van der Waals surface area contributed by atoms with Crippen molar-refractivity contribution < 1.29 is 37.8 Å². The third-order valence-corrected chi connectivity index (χ3v) is 4.64. The van der Waals surface area contributed by atoms with E-state index < -0.39 is 40.2 Å². The van der Waals surface area contributed by atoms with Gasteiger partial charge in [-0.1, -0.05) is 0 Å². The molecule has 4 N–H and O–H groups in total. The van der Waals surface area contributed by atoms with E-state index in [2.05, 4.69) is 15.0 Å². The number of hydrogen-bond donors (Lipinski definition) is 4. The predicted octanol–water partition coefficient (Wildman–Crippen LogP) is -1.43. The maximum absolute atomic E-state index is 11.2. The molecule has 1 unspecified atom stereocenters. The summed E-state index contributed by atoms with van der Waals surface area (Å²) in [6, 6.07) is 3.03. The minimum atomic E-state index is -4.85. The molecule has 1 aliphatic rings. The molecule has 140 valence electrons. The molecule has 3 rings (SSSR count). The average molecular weight is 385 g/mol. The molecule has 1 aliphatic heterocycles. The monoisotopic (exact) mass is 385 g/mol. The molecule has 5 atom stereocenters. The van der Waals surface area contributed by atoms with Gasteiger partial charge in [-0.25, -0.2) is 9.97 Å². The Morgan fingerprint density at radius 1 is 1.00 bits per heavy atom. The van der Waals surface area contributed by atoms with Gasteiger partial charge in [0, 0.05) is 18.0 Å². The van der Waals surface area contributed by atoms with Gasteiger partial charge in [0.1, 0.15) is 30.4 Å². The number of nitrogens with zero attached hydrogens (tertiary/aromatic N) is 3. The van der Waals surface area contributed by atoms with E-state index in [9.17, 15) is 23.7 Å². The van der Waals surface area contributed by atoms with Gasteiger partial charge >= 0.3 is 0 Å². The lowest BCUT2D eigenvalue weighted by Crippen LogP contribution is -2.61. The van der Waals surface area contributed by atoms with Crippen molar-refractivity contribution in [3.8, 4) is 17.0 Å². The lowest BCUT2D eigenvalue weighted by molar-refractivity contribution is -0.254. The van der Waals surface area contributed by atoms with Crippen LogP contribution in [0.5, 0.6) is 5.75 Å². The van der Waals surface area contributed by atoms with Crippen LogP contribution in [0, 0.1) is 0 Å². The van der Waals surface area contributed by atoms with E-state index in [1.54, 1.807) is 18.5 Å². The van der Waals surface area contributed by atoms with Gasteiger partial charge in [0.25, 0.3) is 10.1 Å². The molecule has 2 aromatic rings. The van der Waals surface area contributed by atoms with Gasteiger partial charge < -0.3 is 24.8 Å². The zero-order chi connectivity index (χ0) is 18.9. The fourth-order valence-corrected chi connectivity index (χ4v) is 3.11. The molecule has 1 fully saturated rings. The lowest BCUT2D eigenvalue weighted by atomic mass is 10.1. The zero-order valence-electron chi connectivity index (χ0n) is 13.0. The third-order valence-electron chi connectivity index (χ3n) is 3.66. The van der Waals surface area contributed by atoms with Crippen molar-refractivity contribution in [1.29, 1.82) is 0 Å². The molecule has 12 heteroatoms. The lowest BCUT2D eigenvalue weighted by Gasteiger charge is -2.38. The average Bonchev–Trinajstić information content (AvgIpc) is 2.62. The summed E-state index contributed by atoms with van der Waals surface area (Å²) in [5.74, 6) is 0.0901. The number of hydrogen-bond acceptors (Lipinski definition) is 10. The first-order valence-electron chi connectivity index (χ1n) is 7.31. The summed E-state index contributed by atoms with van der Waals surface area (Å²) in [4.78, 5) is 11.9. The second kappa shape index (κ2) is 7.19. The van der Waals surface area contributed by atoms with Crippen molar-refractivity contribution in [3.63, 3.8) is 0 Å². The highest BCUT2D eigenvalue weighted by Crippen LogP contribution is 2.27. The van der Waals surface area contributed by atoms with Crippen LogP contribution in [0.2, 0.25) is 0 Å². The van der Waals surface area contributed by atoms with Crippen LogP contribution < -0.4 is 4.74 Å². The molecule has 0 bridgehead atoms. The van der Waals surface area contributed by atoms with E-state index >= 15 is 0 Å². The standard InChI is InChI=1S/C14H15N3O8S/c18-10-11(19)13(25-14(12(10)20)26(21,22)23)24-8-1-2-9(17-5-8)7-3-15-6-16-4-7/h1-6,10-14,18-20H,(H,21,22,23)/t10-,11-,12+,13-,14?/m1/s1. The fraction of sp³-hybridized carbons (Fsp3) is 0.357. The Morgan fingerprint density at radius 2 is 1.69 bits per heavy atom. The van der Waals surface area contributed by atoms with Crippen LogP contribution >= 0.6 is 0 Å². The summed E-state index contributed by atoms with van der Waals surface area (Å²) in [5.41, 5.74) is -0.980. The van der Waals surface area contributed by atoms with Crippen molar-refractivity contribution in [1.82, 2.24) is 15.0 Å². The van der Waals surface area contributed by atoms with Crippen LogP contribution in [0.4, 0.5) is 0 Å². The third kappa shape index (κ3) is 3.80. The fourth-order valence-electron chi connectivity index (χ4n) is 2.35. The second-order valence-corrected chi connectivity index (χ2v) is 6.98. The molecule has 0 aromatic carbocycles. The number of aromatic nitrogens is 3. The van der Waals surface area contributed by atoms with Gasteiger partial charge in [-0.3, -0.25) is 9.54 Å². The van der Waals surface area contributed by atoms with Crippen molar-refractivity contribution in [2.45, 2.75) is 30.0 Å². The number of aliphatic hydroxyl groups is 3. The molecule has 0 radical (unpaired) electrons. The molecule has 26 heavy (non-hydrogen) atoms. The molecular weight excluding hydrogens is 370 g/mol.